The predicted octanol–water partition coefficient (Wildman–Crippen LogP) is 3.49. The van der Waals surface area contributed by atoms with Gasteiger partial charge in [0.1, 0.15) is 12.4 Å². The molecule has 0 spiro atoms. The molecule has 0 saturated carbocycles. The SMILES string of the molecule is O=C(CC1Sc2ccccc2NC1=O)OCc1nc2cc(C(F)(F)F)ccc2c(=O)[nH]1. The van der Waals surface area contributed by atoms with Crippen LogP contribution in [0.5, 0.6) is 0 Å². The first-order chi connectivity index (χ1) is 14.7. The maximum absolute atomic E-state index is 12.9. The Hall–Kier alpha value is -3.34. The molecule has 0 radical (unpaired) electrons. The smallest absolute Gasteiger partial charge is 0.416 e. The minimum Gasteiger partial charge on any atom is -0.457 e. The number of alkyl halides is 3. The summed E-state index contributed by atoms with van der Waals surface area (Å²) in [4.78, 5) is 43.6. The number of rotatable bonds is 4. The monoisotopic (exact) mass is 449 g/mol. The van der Waals surface area contributed by atoms with Gasteiger partial charge in [0.05, 0.1) is 33.8 Å². The number of nitrogens with one attached hydrogen (secondary N) is 2. The number of para-hydroxylation sites is 1. The molecule has 7 nitrogen and oxygen atoms in total. The average molecular weight is 449 g/mol. The number of hydrogen-bond acceptors (Lipinski definition) is 6. The summed E-state index contributed by atoms with van der Waals surface area (Å²) in [5.41, 5.74) is -1.09. The van der Waals surface area contributed by atoms with Gasteiger partial charge in [-0.1, -0.05) is 12.1 Å². The summed E-state index contributed by atoms with van der Waals surface area (Å²) in [6.07, 6.45) is -4.80. The largest absolute Gasteiger partial charge is 0.457 e. The molecule has 1 aromatic heterocycles. The molecule has 0 saturated heterocycles. The molecule has 2 aromatic carbocycles. The maximum atomic E-state index is 12.9. The molecule has 3 aromatic rings. The molecule has 1 aliphatic rings. The van der Waals surface area contributed by atoms with Crippen LogP contribution < -0.4 is 10.9 Å². The minimum atomic E-state index is -4.58. The Kier molecular flexibility index (Phi) is 5.44. The van der Waals surface area contributed by atoms with Crippen LogP contribution >= 0.6 is 11.8 Å². The number of halogens is 3. The molecular weight excluding hydrogens is 435 g/mol. The Morgan fingerprint density at radius 2 is 1.94 bits per heavy atom. The van der Waals surface area contributed by atoms with Gasteiger partial charge in [0.2, 0.25) is 5.91 Å². The second-order valence-electron chi connectivity index (χ2n) is 6.70. The molecule has 1 unspecified atom stereocenters. The molecule has 2 N–H and O–H groups in total. The Morgan fingerprint density at radius 3 is 2.71 bits per heavy atom. The number of aromatic amines is 1. The number of carbonyl (C=O) groups is 2. The van der Waals surface area contributed by atoms with Crippen molar-refractivity contribution >= 4 is 40.2 Å². The predicted molar refractivity (Wildman–Crippen MR) is 106 cm³/mol. The molecule has 1 aliphatic heterocycles. The van der Waals surface area contributed by atoms with Crippen LogP contribution in [-0.2, 0) is 27.1 Å². The third kappa shape index (κ3) is 4.55. The summed E-state index contributed by atoms with van der Waals surface area (Å²) < 4.78 is 43.8. The van der Waals surface area contributed by atoms with Crippen molar-refractivity contribution < 1.29 is 27.5 Å². The molecule has 1 amide bonds. The van der Waals surface area contributed by atoms with Gasteiger partial charge in [-0.15, -0.1) is 11.8 Å². The van der Waals surface area contributed by atoms with E-state index < -0.39 is 35.1 Å². The number of benzene rings is 2. The van der Waals surface area contributed by atoms with Crippen molar-refractivity contribution in [2.24, 2.45) is 0 Å². The topological polar surface area (TPSA) is 101 Å². The van der Waals surface area contributed by atoms with E-state index in [-0.39, 0.29) is 29.1 Å². The normalized spacial score (nSPS) is 16.0. The van der Waals surface area contributed by atoms with Crippen molar-refractivity contribution in [2.45, 2.75) is 29.3 Å². The molecule has 0 aliphatic carbocycles. The van der Waals surface area contributed by atoms with Gasteiger partial charge in [0.25, 0.3) is 5.56 Å². The van der Waals surface area contributed by atoms with Gasteiger partial charge < -0.3 is 15.0 Å². The van der Waals surface area contributed by atoms with E-state index in [0.29, 0.717) is 5.69 Å². The summed E-state index contributed by atoms with van der Waals surface area (Å²) in [7, 11) is 0. The number of H-pyrrole nitrogens is 1. The van der Waals surface area contributed by atoms with E-state index in [9.17, 15) is 27.6 Å². The zero-order valence-corrected chi connectivity index (χ0v) is 16.5. The number of hydrogen-bond donors (Lipinski definition) is 2. The van der Waals surface area contributed by atoms with Crippen LogP contribution in [0.3, 0.4) is 0 Å². The number of amides is 1. The van der Waals surface area contributed by atoms with E-state index in [2.05, 4.69) is 15.3 Å². The zero-order chi connectivity index (χ0) is 22.2. The van der Waals surface area contributed by atoms with E-state index >= 15 is 0 Å². The highest BCUT2D eigenvalue weighted by atomic mass is 32.2. The maximum Gasteiger partial charge on any atom is 0.416 e. The van der Waals surface area contributed by atoms with Crippen molar-refractivity contribution in [1.82, 2.24) is 9.97 Å². The van der Waals surface area contributed by atoms with Crippen LogP contribution in [0.2, 0.25) is 0 Å². The van der Waals surface area contributed by atoms with Crippen LogP contribution in [-0.4, -0.2) is 27.1 Å². The van der Waals surface area contributed by atoms with E-state index in [4.69, 9.17) is 4.74 Å². The number of anilines is 1. The van der Waals surface area contributed by atoms with Gasteiger partial charge >= 0.3 is 12.1 Å². The first-order valence-electron chi connectivity index (χ1n) is 9.03. The molecule has 1 atom stereocenters. The summed E-state index contributed by atoms with van der Waals surface area (Å²) >= 11 is 1.23. The van der Waals surface area contributed by atoms with Gasteiger partial charge in [-0.05, 0) is 30.3 Å². The lowest BCUT2D eigenvalue weighted by molar-refractivity contribution is -0.146. The third-order valence-corrected chi connectivity index (χ3v) is 5.79. The number of fused-ring (bicyclic) bond motifs is 2. The lowest BCUT2D eigenvalue weighted by atomic mass is 10.1. The van der Waals surface area contributed by atoms with Crippen LogP contribution in [0.4, 0.5) is 18.9 Å². The average Bonchev–Trinajstić information content (AvgIpc) is 2.72. The second-order valence-corrected chi connectivity index (χ2v) is 7.94. The van der Waals surface area contributed by atoms with E-state index in [1.54, 1.807) is 12.1 Å². The Morgan fingerprint density at radius 1 is 1.16 bits per heavy atom. The van der Waals surface area contributed by atoms with Crippen molar-refractivity contribution in [3.05, 3.63) is 64.2 Å². The fourth-order valence-electron chi connectivity index (χ4n) is 3.02. The van der Waals surface area contributed by atoms with E-state index in [0.717, 1.165) is 23.1 Å². The molecular formula is C20H14F3N3O4S. The lowest BCUT2D eigenvalue weighted by Gasteiger charge is -2.23. The molecule has 0 fully saturated rings. The first-order valence-corrected chi connectivity index (χ1v) is 9.91. The summed E-state index contributed by atoms with van der Waals surface area (Å²) in [5.74, 6) is -1.15. The van der Waals surface area contributed by atoms with Gasteiger partial charge in [-0.3, -0.25) is 14.4 Å². The van der Waals surface area contributed by atoms with Crippen LogP contribution in [0, 0.1) is 0 Å². The van der Waals surface area contributed by atoms with Crippen molar-refractivity contribution in [3.8, 4) is 0 Å². The Bertz CT molecular complexity index is 1240. The summed E-state index contributed by atoms with van der Waals surface area (Å²) in [6, 6.07) is 9.75. The van der Waals surface area contributed by atoms with Crippen LogP contribution in [0.25, 0.3) is 10.9 Å². The molecule has 160 valence electrons. The molecule has 2 heterocycles. The standard InChI is InChI=1S/C20H14F3N3O4S/c21-20(22,23)10-5-6-11-13(7-10)24-16(26-18(11)28)9-30-17(27)8-15-19(29)25-12-3-1-2-4-14(12)31-15/h1-7,15H,8-9H2,(H,25,29)(H,24,26,28). The highest BCUT2D eigenvalue weighted by Crippen LogP contribution is 2.36. The van der Waals surface area contributed by atoms with Crippen molar-refractivity contribution in [2.75, 3.05) is 5.32 Å². The quantitative estimate of drug-likeness (QED) is 0.592. The Balaban J connectivity index is 1.44. The van der Waals surface area contributed by atoms with E-state index in [1.165, 1.54) is 11.8 Å². The fourth-order valence-corrected chi connectivity index (χ4v) is 4.11. The molecule has 11 heteroatoms. The van der Waals surface area contributed by atoms with Gasteiger partial charge in [0, 0.05) is 4.90 Å². The lowest BCUT2D eigenvalue weighted by Crippen LogP contribution is -2.31. The zero-order valence-electron chi connectivity index (χ0n) is 15.7. The fraction of sp³-hybridized carbons (Fsp3) is 0.200. The summed E-state index contributed by atoms with van der Waals surface area (Å²) in [6.45, 7) is -0.449. The highest BCUT2D eigenvalue weighted by molar-refractivity contribution is 8.01. The number of thioether (sulfide) groups is 1. The van der Waals surface area contributed by atoms with Crippen LogP contribution in [0.15, 0.2) is 52.2 Å². The molecule has 0 bridgehead atoms. The van der Waals surface area contributed by atoms with Gasteiger partial charge in [0.15, 0.2) is 0 Å². The van der Waals surface area contributed by atoms with Gasteiger partial charge in [-0.25, -0.2) is 4.98 Å². The van der Waals surface area contributed by atoms with Crippen molar-refractivity contribution in [1.29, 1.82) is 0 Å². The number of esters is 1. The minimum absolute atomic E-state index is 0.0166. The number of carbonyl (C=O) groups excluding carboxylic acids is 2. The summed E-state index contributed by atoms with van der Waals surface area (Å²) in [5, 5.41) is 2.00. The van der Waals surface area contributed by atoms with Crippen molar-refractivity contribution in [3.63, 3.8) is 0 Å². The molecule has 31 heavy (non-hydrogen) atoms. The number of nitrogens with zero attached hydrogens (tertiary/aromatic N) is 1. The Labute approximate surface area is 177 Å². The number of aromatic nitrogens is 2. The molecule has 4 rings (SSSR count). The highest BCUT2D eigenvalue weighted by Gasteiger charge is 2.31. The van der Waals surface area contributed by atoms with E-state index in [1.807, 2.05) is 12.1 Å². The first kappa shape index (κ1) is 20.9. The van der Waals surface area contributed by atoms with Gasteiger partial charge in [-0.2, -0.15) is 13.2 Å². The second kappa shape index (κ2) is 8.06. The van der Waals surface area contributed by atoms with Crippen LogP contribution in [0.1, 0.15) is 17.8 Å². The third-order valence-electron chi connectivity index (χ3n) is 4.51. The number of ether oxygens (including phenoxy) is 1.